The summed E-state index contributed by atoms with van der Waals surface area (Å²) in [6.45, 7) is 16.5. The standard InChI is InChI=1S/C44H57F2N4O5/c1-4-22-53-38-28-36(29-39(30-38)54-23-5-2)49-32-41(44(52)48(6-3)35-26-33(45)25-34(46)27-35)43(51)40-14-13-37(31-42(40)49)55-24-12-10-8-7-9-11-18-50-19-15-47(16-20-50)17-21-50/h13-14,25-32H,4-12,15-24H2,1-3H3/q+1. The number of benzene rings is 3. The predicted octanol–water partition coefficient (Wildman–Crippen LogP) is 8.38. The molecule has 4 heterocycles. The van der Waals surface area contributed by atoms with E-state index in [1.807, 2.05) is 38.1 Å². The van der Waals surface area contributed by atoms with E-state index in [1.54, 1.807) is 23.6 Å². The molecule has 1 amide bonds. The van der Waals surface area contributed by atoms with Gasteiger partial charge in [0.2, 0.25) is 5.43 Å². The number of rotatable bonds is 20. The molecule has 3 saturated heterocycles. The van der Waals surface area contributed by atoms with Gasteiger partial charge in [0.05, 0.1) is 57.2 Å². The van der Waals surface area contributed by atoms with Gasteiger partial charge in [0.15, 0.2) is 0 Å². The number of hydrogen-bond acceptors (Lipinski definition) is 6. The summed E-state index contributed by atoms with van der Waals surface area (Å²) >= 11 is 0. The summed E-state index contributed by atoms with van der Waals surface area (Å²) < 4.78 is 49.9. The average Bonchev–Trinajstić information content (AvgIpc) is 3.19. The molecule has 3 fully saturated rings. The molecule has 3 aliphatic rings. The molecule has 55 heavy (non-hydrogen) atoms. The molecule has 9 nitrogen and oxygen atoms in total. The van der Waals surface area contributed by atoms with Crippen molar-refractivity contribution in [3.63, 3.8) is 0 Å². The minimum absolute atomic E-state index is 0.0219. The lowest BCUT2D eigenvalue weighted by Gasteiger charge is -2.50. The fourth-order valence-corrected chi connectivity index (χ4v) is 7.86. The van der Waals surface area contributed by atoms with Crippen molar-refractivity contribution < 1.29 is 32.3 Å². The number of pyridine rings is 1. The summed E-state index contributed by atoms with van der Waals surface area (Å²) in [6.07, 6.45) is 10.1. The van der Waals surface area contributed by atoms with Crippen LogP contribution in [0.2, 0.25) is 0 Å². The molecule has 1 aromatic heterocycles. The minimum atomic E-state index is -0.817. The lowest BCUT2D eigenvalue weighted by atomic mass is 10.1. The third-order valence-electron chi connectivity index (χ3n) is 11.0. The number of ether oxygens (including phenoxy) is 3. The molecule has 0 saturated carbocycles. The van der Waals surface area contributed by atoms with Crippen LogP contribution in [0.25, 0.3) is 16.6 Å². The van der Waals surface area contributed by atoms with E-state index in [4.69, 9.17) is 14.2 Å². The molecule has 0 spiro atoms. The van der Waals surface area contributed by atoms with Crippen molar-refractivity contribution in [3.8, 4) is 22.9 Å². The van der Waals surface area contributed by atoms with Gasteiger partial charge >= 0.3 is 0 Å². The predicted molar refractivity (Wildman–Crippen MR) is 214 cm³/mol. The van der Waals surface area contributed by atoms with Gasteiger partial charge in [-0.05, 0) is 63.3 Å². The highest BCUT2D eigenvalue weighted by molar-refractivity contribution is 6.07. The number of fused-ring (bicyclic) bond motifs is 4. The molecule has 296 valence electrons. The van der Waals surface area contributed by atoms with Crippen LogP contribution in [0.4, 0.5) is 14.5 Å². The Hall–Kier alpha value is -4.48. The fraction of sp³-hybridized carbons (Fsp3) is 0.500. The normalized spacial score (nSPS) is 17.7. The Bertz CT molecular complexity index is 1920. The van der Waals surface area contributed by atoms with Crippen LogP contribution in [-0.2, 0) is 0 Å². The van der Waals surface area contributed by atoms with Gasteiger partial charge in [0.25, 0.3) is 5.91 Å². The van der Waals surface area contributed by atoms with Gasteiger partial charge in [-0.2, -0.15) is 0 Å². The molecular weight excluding hydrogens is 703 g/mol. The van der Waals surface area contributed by atoms with E-state index in [9.17, 15) is 18.4 Å². The SMILES string of the molecule is CCCOc1cc(OCCC)cc(-n2cc(C(=O)N(CC)c3cc(F)cc(F)c3)c(=O)c3ccc(OCCCCCCCC[N+]45CCN(CC4)CC5)cc32)c1. The first kappa shape index (κ1) is 40.2. The Morgan fingerprint density at radius 3 is 1.95 bits per heavy atom. The highest BCUT2D eigenvalue weighted by Crippen LogP contribution is 2.30. The number of aromatic nitrogens is 1. The van der Waals surface area contributed by atoms with Crippen LogP contribution in [0.1, 0.15) is 82.5 Å². The summed E-state index contributed by atoms with van der Waals surface area (Å²) in [6, 6.07) is 13.7. The maximum absolute atomic E-state index is 14.3. The molecule has 4 aromatic rings. The third kappa shape index (κ3) is 10.0. The fourth-order valence-electron chi connectivity index (χ4n) is 7.86. The molecule has 0 aliphatic carbocycles. The van der Waals surface area contributed by atoms with Crippen molar-refractivity contribution in [2.45, 2.75) is 72.1 Å². The van der Waals surface area contributed by atoms with Gasteiger partial charge in [-0.25, -0.2) is 8.78 Å². The van der Waals surface area contributed by atoms with Crippen molar-refractivity contribution in [1.82, 2.24) is 9.47 Å². The van der Waals surface area contributed by atoms with Crippen LogP contribution in [0, 0.1) is 11.6 Å². The summed E-state index contributed by atoms with van der Waals surface area (Å²) in [5.41, 5.74) is 0.531. The Morgan fingerprint density at radius 2 is 1.33 bits per heavy atom. The second-order valence-corrected chi connectivity index (χ2v) is 15.0. The molecular formula is C44H57F2N4O5+. The monoisotopic (exact) mass is 759 g/mol. The average molecular weight is 760 g/mol. The summed E-state index contributed by atoms with van der Waals surface area (Å²) in [5.74, 6) is -0.527. The van der Waals surface area contributed by atoms with Gasteiger partial charge in [0, 0.05) is 73.8 Å². The quantitative estimate of drug-likeness (QED) is 0.0667. The van der Waals surface area contributed by atoms with E-state index in [0.717, 1.165) is 43.9 Å². The third-order valence-corrected chi connectivity index (χ3v) is 11.0. The van der Waals surface area contributed by atoms with E-state index in [0.29, 0.717) is 53.7 Å². The van der Waals surface area contributed by atoms with Crippen molar-refractivity contribution in [2.75, 3.05) is 77.1 Å². The van der Waals surface area contributed by atoms with Crippen molar-refractivity contribution in [1.29, 1.82) is 0 Å². The van der Waals surface area contributed by atoms with Gasteiger partial charge in [0.1, 0.15) is 34.4 Å². The van der Waals surface area contributed by atoms with Gasteiger partial charge in [-0.3, -0.25) is 14.5 Å². The minimum Gasteiger partial charge on any atom is -0.494 e. The number of halogens is 2. The number of hydrogen-bond donors (Lipinski definition) is 0. The summed E-state index contributed by atoms with van der Waals surface area (Å²) in [7, 11) is 0. The number of anilines is 1. The molecule has 3 aliphatic heterocycles. The summed E-state index contributed by atoms with van der Waals surface area (Å²) in [5, 5.41) is 0.299. The van der Waals surface area contributed by atoms with E-state index in [-0.39, 0.29) is 17.8 Å². The number of nitrogens with zero attached hydrogens (tertiary/aromatic N) is 4. The maximum Gasteiger partial charge on any atom is 0.263 e. The molecule has 3 aromatic carbocycles. The smallest absolute Gasteiger partial charge is 0.263 e. The summed E-state index contributed by atoms with van der Waals surface area (Å²) in [4.78, 5) is 32.0. The first-order valence-corrected chi connectivity index (χ1v) is 20.3. The molecule has 0 N–H and O–H groups in total. The Kier molecular flexibility index (Phi) is 13.8. The first-order valence-electron chi connectivity index (χ1n) is 20.3. The number of carbonyl (C=O) groups excluding carboxylic acids is 1. The Morgan fingerprint density at radius 1 is 0.727 bits per heavy atom. The highest BCUT2D eigenvalue weighted by Gasteiger charge is 2.37. The zero-order valence-electron chi connectivity index (χ0n) is 32.8. The maximum atomic E-state index is 14.3. The van der Waals surface area contributed by atoms with Crippen LogP contribution in [-0.4, -0.2) is 92.0 Å². The van der Waals surface area contributed by atoms with Crippen molar-refractivity contribution >= 4 is 22.5 Å². The van der Waals surface area contributed by atoms with Gasteiger partial charge < -0.3 is 28.2 Å². The number of carbonyl (C=O) groups is 1. The Balaban J connectivity index is 1.21. The van der Waals surface area contributed by atoms with Crippen LogP contribution in [0.15, 0.2) is 65.6 Å². The highest BCUT2D eigenvalue weighted by atomic mass is 19.1. The number of amides is 1. The van der Waals surface area contributed by atoms with Crippen LogP contribution < -0.4 is 24.5 Å². The number of unbranched alkanes of at least 4 members (excludes halogenated alkanes) is 5. The molecule has 2 bridgehead atoms. The largest absolute Gasteiger partial charge is 0.494 e. The van der Waals surface area contributed by atoms with Gasteiger partial charge in [-0.15, -0.1) is 0 Å². The van der Waals surface area contributed by atoms with E-state index in [1.165, 1.54) is 87.1 Å². The van der Waals surface area contributed by atoms with Crippen molar-refractivity contribution in [2.24, 2.45) is 0 Å². The van der Waals surface area contributed by atoms with Crippen LogP contribution in [0.5, 0.6) is 17.2 Å². The van der Waals surface area contributed by atoms with E-state index in [2.05, 4.69) is 4.90 Å². The zero-order chi connectivity index (χ0) is 38.8. The second kappa shape index (κ2) is 18.9. The van der Waals surface area contributed by atoms with E-state index < -0.39 is 23.0 Å². The molecule has 11 heteroatoms. The molecule has 0 radical (unpaired) electrons. The second-order valence-electron chi connectivity index (χ2n) is 15.0. The lowest BCUT2D eigenvalue weighted by molar-refractivity contribution is -0.941. The van der Waals surface area contributed by atoms with E-state index >= 15 is 0 Å². The van der Waals surface area contributed by atoms with Gasteiger partial charge in [-0.1, -0.05) is 33.1 Å². The molecule has 0 atom stereocenters. The molecule has 7 rings (SSSR count). The zero-order valence-corrected chi connectivity index (χ0v) is 32.8. The van der Waals surface area contributed by atoms with Crippen molar-refractivity contribution in [3.05, 3.63) is 88.2 Å². The topological polar surface area (TPSA) is 73.2 Å². The number of quaternary nitrogens is 1. The Labute approximate surface area is 324 Å². The molecule has 0 unspecified atom stereocenters. The first-order chi connectivity index (χ1) is 26.7. The van der Waals surface area contributed by atoms with Crippen LogP contribution in [0.3, 0.4) is 0 Å². The lowest BCUT2D eigenvalue weighted by Crippen LogP contribution is -2.67. The van der Waals surface area contributed by atoms with Crippen LogP contribution >= 0.6 is 0 Å². The number of piperazine rings is 3.